The molecule has 1 aliphatic rings. The van der Waals surface area contributed by atoms with E-state index in [1.54, 1.807) is 0 Å². The lowest BCUT2D eigenvalue weighted by Crippen LogP contribution is -2.30. The van der Waals surface area contributed by atoms with Crippen molar-refractivity contribution in [1.29, 1.82) is 0 Å². The summed E-state index contributed by atoms with van der Waals surface area (Å²) in [4.78, 5) is 15.3. The lowest BCUT2D eigenvalue weighted by molar-refractivity contribution is 0.0741. The van der Waals surface area contributed by atoms with E-state index >= 15 is 0 Å². The highest BCUT2D eigenvalue weighted by Gasteiger charge is 2.41. The molecule has 1 aromatic heterocycles. The van der Waals surface area contributed by atoms with Gasteiger partial charge in [0.05, 0.1) is 11.7 Å². The molecular formula is C29H29N3O2. The second-order valence-electron chi connectivity index (χ2n) is 8.82. The number of carbonyl (C=O) groups is 1. The number of nitrogens with one attached hydrogen (secondary N) is 1. The van der Waals surface area contributed by atoms with Gasteiger partial charge < -0.3 is 9.64 Å². The van der Waals surface area contributed by atoms with Crippen molar-refractivity contribution in [2.45, 2.75) is 39.3 Å². The number of amides is 1. The van der Waals surface area contributed by atoms with Crippen LogP contribution in [0.5, 0.6) is 5.75 Å². The van der Waals surface area contributed by atoms with Crippen LogP contribution in [0.4, 0.5) is 0 Å². The Morgan fingerprint density at radius 3 is 2.41 bits per heavy atom. The van der Waals surface area contributed by atoms with Gasteiger partial charge in [-0.2, -0.15) is 5.10 Å². The second-order valence-corrected chi connectivity index (χ2v) is 8.82. The van der Waals surface area contributed by atoms with Crippen LogP contribution in [-0.2, 0) is 6.61 Å². The highest BCUT2D eigenvalue weighted by atomic mass is 16.5. The van der Waals surface area contributed by atoms with E-state index in [0.717, 1.165) is 46.5 Å². The molecule has 0 spiro atoms. The Bertz CT molecular complexity index is 1260. The first-order valence-corrected chi connectivity index (χ1v) is 11.9. The van der Waals surface area contributed by atoms with Gasteiger partial charge in [-0.1, -0.05) is 85.6 Å². The molecule has 34 heavy (non-hydrogen) atoms. The average molecular weight is 452 g/mol. The number of aromatic amines is 1. The molecule has 3 aromatic carbocycles. The Morgan fingerprint density at radius 2 is 1.71 bits per heavy atom. The number of fused-ring (bicyclic) bond motifs is 1. The summed E-state index contributed by atoms with van der Waals surface area (Å²) in [6.07, 6.45) is 1.98. The van der Waals surface area contributed by atoms with Gasteiger partial charge in [0.15, 0.2) is 0 Å². The summed E-state index contributed by atoms with van der Waals surface area (Å²) in [6, 6.07) is 26.4. The van der Waals surface area contributed by atoms with Crippen molar-refractivity contribution in [3.05, 3.63) is 107 Å². The smallest absolute Gasteiger partial charge is 0.273 e. The molecule has 0 fully saturated rings. The summed E-state index contributed by atoms with van der Waals surface area (Å²) < 4.78 is 5.98. The fourth-order valence-corrected chi connectivity index (χ4v) is 4.52. The zero-order valence-electron chi connectivity index (χ0n) is 19.6. The van der Waals surface area contributed by atoms with Crippen molar-refractivity contribution in [1.82, 2.24) is 15.1 Å². The van der Waals surface area contributed by atoms with Crippen LogP contribution in [0.3, 0.4) is 0 Å². The molecule has 1 unspecified atom stereocenters. The minimum absolute atomic E-state index is 0.0173. The summed E-state index contributed by atoms with van der Waals surface area (Å²) in [5, 5.41) is 7.60. The Morgan fingerprint density at radius 1 is 0.971 bits per heavy atom. The minimum Gasteiger partial charge on any atom is -0.489 e. The van der Waals surface area contributed by atoms with Crippen LogP contribution in [0.1, 0.15) is 58.5 Å². The van der Waals surface area contributed by atoms with Gasteiger partial charge in [-0.25, -0.2) is 0 Å². The Kier molecular flexibility index (Phi) is 6.17. The molecule has 4 aromatic rings. The first kappa shape index (κ1) is 22.0. The number of unbranched alkanes of at least 4 members (excludes halogenated alkanes) is 1. The number of H-pyrrole nitrogens is 1. The lowest BCUT2D eigenvalue weighted by Gasteiger charge is -2.26. The average Bonchev–Trinajstić information content (AvgIpc) is 3.42. The van der Waals surface area contributed by atoms with Gasteiger partial charge in [0.1, 0.15) is 18.1 Å². The third kappa shape index (κ3) is 4.21. The van der Waals surface area contributed by atoms with Crippen LogP contribution in [0, 0.1) is 6.92 Å². The van der Waals surface area contributed by atoms with Crippen molar-refractivity contribution in [3.8, 4) is 17.0 Å². The Labute approximate surface area is 200 Å². The monoisotopic (exact) mass is 451 g/mol. The molecule has 1 N–H and O–H groups in total. The van der Waals surface area contributed by atoms with E-state index in [2.05, 4.69) is 72.6 Å². The number of nitrogens with zero attached hydrogens (tertiary/aromatic N) is 2. The van der Waals surface area contributed by atoms with Crippen LogP contribution in [0.2, 0.25) is 0 Å². The predicted octanol–water partition coefficient (Wildman–Crippen LogP) is 6.31. The summed E-state index contributed by atoms with van der Waals surface area (Å²) >= 11 is 0. The Hall–Kier alpha value is -3.86. The van der Waals surface area contributed by atoms with Crippen molar-refractivity contribution in [2.24, 2.45) is 0 Å². The molecule has 5 nitrogen and oxygen atoms in total. The molecule has 0 saturated heterocycles. The number of hydrogen-bond donors (Lipinski definition) is 1. The zero-order valence-corrected chi connectivity index (χ0v) is 19.6. The maximum Gasteiger partial charge on any atom is 0.273 e. The first-order chi connectivity index (χ1) is 16.7. The number of hydrogen-bond acceptors (Lipinski definition) is 3. The summed E-state index contributed by atoms with van der Waals surface area (Å²) in [7, 11) is 0. The lowest BCUT2D eigenvalue weighted by atomic mass is 9.95. The van der Waals surface area contributed by atoms with Crippen LogP contribution in [0.15, 0.2) is 78.9 Å². The van der Waals surface area contributed by atoms with Crippen LogP contribution >= 0.6 is 0 Å². The molecule has 5 rings (SSSR count). The van der Waals surface area contributed by atoms with Crippen molar-refractivity contribution < 1.29 is 9.53 Å². The number of benzene rings is 3. The second kappa shape index (κ2) is 9.56. The molecule has 172 valence electrons. The summed E-state index contributed by atoms with van der Waals surface area (Å²) in [5.41, 5.74) is 6.80. The third-order valence-corrected chi connectivity index (χ3v) is 6.39. The molecule has 5 heteroatoms. The van der Waals surface area contributed by atoms with E-state index in [9.17, 15) is 4.79 Å². The topological polar surface area (TPSA) is 58.2 Å². The van der Waals surface area contributed by atoms with Gasteiger partial charge >= 0.3 is 0 Å². The Balaban J connectivity index is 1.47. The van der Waals surface area contributed by atoms with Crippen LogP contribution in [-0.4, -0.2) is 27.5 Å². The van der Waals surface area contributed by atoms with Gasteiger partial charge in [-0.3, -0.25) is 9.89 Å². The molecule has 0 saturated carbocycles. The third-order valence-electron chi connectivity index (χ3n) is 6.39. The van der Waals surface area contributed by atoms with Gasteiger partial charge in [-0.05, 0) is 36.6 Å². The van der Waals surface area contributed by atoms with Gasteiger partial charge in [0.25, 0.3) is 5.91 Å². The minimum atomic E-state index is -0.174. The largest absolute Gasteiger partial charge is 0.489 e. The quantitative estimate of drug-likeness (QED) is 0.342. The van der Waals surface area contributed by atoms with Gasteiger partial charge in [0.2, 0.25) is 0 Å². The standard InChI is InChI=1S/C29H29N3O2/c1-3-4-18-32-28(23-14-16-24(17-15-23)34-19-21-8-6-5-7-9-21)25-26(30-31-27(25)29(32)33)22-12-10-20(2)11-13-22/h5-17,28H,3-4,18-19H2,1-2H3,(H,30,31). The normalized spacial score (nSPS) is 14.9. The van der Waals surface area contributed by atoms with E-state index in [4.69, 9.17) is 4.74 Å². The number of aromatic nitrogens is 2. The molecule has 1 aliphatic heterocycles. The van der Waals surface area contributed by atoms with Crippen LogP contribution < -0.4 is 4.74 Å². The predicted molar refractivity (Wildman–Crippen MR) is 134 cm³/mol. The maximum atomic E-state index is 13.3. The first-order valence-electron chi connectivity index (χ1n) is 11.9. The summed E-state index contributed by atoms with van der Waals surface area (Å²) in [6.45, 7) is 5.45. The van der Waals surface area contributed by atoms with E-state index < -0.39 is 0 Å². The molecular weight excluding hydrogens is 422 g/mol. The fourth-order valence-electron chi connectivity index (χ4n) is 4.52. The van der Waals surface area contributed by atoms with E-state index in [1.807, 2.05) is 35.2 Å². The van der Waals surface area contributed by atoms with E-state index in [1.165, 1.54) is 5.56 Å². The molecule has 0 radical (unpaired) electrons. The SMILES string of the molecule is CCCCN1C(=O)c2[nH]nc(-c3ccc(C)cc3)c2C1c1ccc(OCc2ccccc2)cc1. The number of rotatable bonds is 8. The van der Waals surface area contributed by atoms with E-state index in [-0.39, 0.29) is 11.9 Å². The van der Waals surface area contributed by atoms with Gasteiger partial charge in [-0.15, -0.1) is 0 Å². The van der Waals surface area contributed by atoms with E-state index in [0.29, 0.717) is 18.8 Å². The van der Waals surface area contributed by atoms with Gasteiger partial charge in [0, 0.05) is 17.7 Å². The van der Waals surface area contributed by atoms with Crippen molar-refractivity contribution in [3.63, 3.8) is 0 Å². The molecule has 1 atom stereocenters. The number of aryl methyl sites for hydroxylation is 1. The van der Waals surface area contributed by atoms with Crippen LogP contribution in [0.25, 0.3) is 11.3 Å². The maximum absolute atomic E-state index is 13.3. The molecule has 1 amide bonds. The summed E-state index contributed by atoms with van der Waals surface area (Å²) in [5.74, 6) is 0.826. The highest BCUT2D eigenvalue weighted by molar-refractivity contribution is 6.00. The number of carbonyl (C=O) groups excluding carboxylic acids is 1. The fraction of sp³-hybridized carbons (Fsp3) is 0.241. The number of ether oxygens (including phenoxy) is 1. The zero-order chi connectivity index (χ0) is 23.5. The molecule has 0 bridgehead atoms. The molecule has 0 aliphatic carbocycles. The molecule has 2 heterocycles. The highest BCUT2D eigenvalue weighted by Crippen LogP contribution is 2.43. The van der Waals surface area contributed by atoms with Crippen molar-refractivity contribution in [2.75, 3.05) is 6.54 Å². The van der Waals surface area contributed by atoms with Crippen molar-refractivity contribution >= 4 is 5.91 Å².